The molecule has 5 rings (SSSR count). The van der Waals surface area contributed by atoms with Crippen LogP contribution in [0.4, 0.5) is 0 Å². The Morgan fingerprint density at radius 1 is 1.09 bits per heavy atom. The van der Waals surface area contributed by atoms with Crippen molar-refractivity contribution < 1.29 is 5.11 Å². The highest BCUT2D eigenvalue weighted by atomic mass is 35.5. The van der Waals surface area contributed by atoms with Gasteiger partial charge in [0.2, 0.25) is 0 Å². The van der Waals surface area contributed by atoms with Crippen molar-refractivity contribution >= 4 is 66.4 Å². The van der Waals surface area contributed by atoms with Crippen LogP contribution in [0.5, 0.6) is 0 Å². The molecule has 0 saturated heterocycles. The van der Waals surface area contributed by atoms with Crippen molar-refractivity contribution in [3.63, 3.8) is 0 Å². The second-order valence-corrected chi connectivity index (χ2v) is 10.5. The molecular formula is C25H16Cl2N4OS. The van der Waals surface area contributed by atoms with Crippen LogP contribution in [0.1, 0.15) is 30.5 Å². The van der Waals surface area contributed by atoms with Gasteiger partial charge in [-0.1, -0.05) is 47.5 Å². The molecule has 0 aliphatic heterocycles. The summed E-state index contributed by atoms with van der Waals surface area (Å²) in [6, 6.07) is 15.3. The van der Waals surface area contributed by atoms with Crippen LogP contribution in [-0.2, 0) is 6.42 Å². The van der Waals surface area contributed by atoms with E-state index < -0.39 is 5.60 Å². The molecule has 0 aliphatic rings. The summed E-state index contributed by atoms with van der Waals surface area (Å²) in [7, 11) is 0. The van der Waals surface area contributed by atoms with Gasteiger partial charge in [-0.15, -0.1) is 11.3 Å². The summed E-state index contributed by atoms with van der Waals surface area (Å²) in [5.41, 5.74) is 2.75. The van der Waals surface area contributed by atoms with Crippen molar-refractivity contribution in [2.75, 3.05) is 0 Å². The van der Waals surface area contributed by atoms with E-state index in [4.69, 9.17) is 28.2 Å². The summed E-state index contributed by atoms with van der Waals surface area (Å²) in [5.74, 6) is 0.439. The Morgan fingerprint density at radius 3 is 2.42 bits per heavy atom. The minimum atomic E-state index is -0.860. The van der Waals surface area contributed by atoms with E-state index in [1.54, 1.807) is 32.0 Å². The number of aromatic nitrogens is 2. The summed E-state index contributed by atoms with van der Waals surface area (Å²) >= 11 is 14.4. The number of fused-ring (bicyclic) bond motifs is 6. The topological polar surface area (TPSA) is 96.5 Å². The lowest BCUT2D eigenvalue weighted by Gasteiger charge is -2.17. The zero-order chi connectivity index (χ0) is 23.5. The Balaban J connectivity index is 1.90. The van der Waals surface area contributed by atoms with Gasteiger partial charge in [0.25, 0.3) is 0 Å². The molecular weight excluding hydrogens is 475 g/mol. The lowest BCUT2D eigenvalue weighted by Crippen LogP contribution is -2.21. The molecule has 0 aliphatic carbocycles. The third-order valence-corrected chi connectivity index (χ3v) is 7.53. The van der Waals surface area contributed by atoms with Crippen molar-refractivity contribution in [2.45, 2.75) is 25.9 Å². The van der Waals surface area contributed by atoms with Crippen LogP contribution < -0.4 is 0 Å². The molecule has 0 atom stereocenters. The highest BCUT2D eigenvalue weighted by Crippen LogP contribution is 2.47. The molecule has 0 amide bonds. The number of H-pyrrole nitrogens is 1. The van der Waals surface area contributed by atoms with E-state index in [0.717, 1.165) is 31.9 Å². The maximum atomic E-state index is 10.3. The third kappa shape index (κ3) is 3.53. The quantitative estimate of drug-likeness (QED) is 0.285. The fourth-order valence-corrected chi connectivity index (χ4v) is 5.89. The number of nitrogens with one attached hydrogen (secondary N) is 1. The van der Waals surface area contributed by atoms with Crippen LogP contribution >= 0.6 is 34.5 Å². The summed E-state index contributed by atoms with van der Waals surface area (Å²) in [6.07, 6.45) is 0.477. The minimum absolute atomic E-state index is 0.364. The first-order valence-electron chi connectivity index (χ1n) is 10.1. The highest BCUT2D eigenvalue weighted by Gasteiger charge is 2.22. The first kappa shape index (κ1) is 21.7. The molecule has 33 heavy (non-hydrogen) atoms. The number of aliphatic hydroxyl groups is 1. The summed E-state index contributed by atoms with van der Waals surface area (Å²) in [4.78, 5) is 8.16. The minimum Gasteiger partial charge on any atom is -0.390 e. The average Bonchev–Trinajstić information content (AvgIpc) is 3.33. The lowest BCUT2D eigenvalue weighted by molar-refractivity contribution is 0.0810. The maximum Gasteiger partial charge on any atom is 0.141 e. The van der Waals surface area contributed by atoms with Crippen molar-refractivity contribution in [1.29, 1.82) is 10.5 Å². The normalized spacial score (nSPS) is 11.8. The van der Waals surface area contributed by atoms with Gasteiger partial charge in [-0.3, -0.25) is 0 Å². The summed E-state index contributed by atoms with van der Waals surface area (Å²) in [6.45, 7) is 3.54. The average molecular weight is 491 g/mol. The fraction of sp³-hybridized carbons (Fsp3) is 0.160. The smallest absolute Gasteiger partial charge is 0.141 e. The number of nitriles is 2. The van der Waals surface area contributed by atoms with Gasteiger partial charge < -0.3 is 10.1 Å². The molecule has 0 spiro atoms. The van der Waals surface area contributed by atoms with Gasteiger partial charge in [-0.2, -0.15) is 10.5 Å². The largest absolute Gasteiger partial charge is 0.390 e. The van der Waals surface area contributed by atoms with Crippen LogP contribution in [-0.4, -0.2) is 20.7 Å². The van der Waals surface area contributed by atoms with E-state index in [1.807, 2.05) is 18.2 Å². The monoisotopic (exact) mass is 490 g/mol. The van der Waals surface area contributed by atoms with Gasteiger partial charge in [0.1, 0.15) is 10.2 Å². The first-order valence-corrected chi connectivity index (χ1v) is 11.7. The Labute approximate surface area is 203 Å². The highest BCUT2D eigenvalue weighted by molar-refractivity contribution is 7.24. The fourth-order valence-electron chi connectivity index (χ4n) is 4.26. The second kappa shape index (κ2) is 7.73. The number of aromatic amines is 1. The zero-order valence-electron chi connectivity index (χ0n) is 17.6. The Hall–Kier alpha value is -3.13. The van der Waals surface area contributed by atoms with E-state index >= 15 is 0 Å². The van der Waals surface area contributed by atoms with E-state index in [2.05, 4.69) is 17.1 Å². The molecule has 5 aromatic rings. The Bertz CT molecular complexity index is 1650. The van der Waals surface area contributed by atoms with Gasteiger partial charge in [0.05, 0.1) is 55.2 Å². The Morgan fingerprint density at radius 2 is 1.79 bits per heavy atom. The molecule has 0 radical (unpaired) electrons. The van der Waals surface area contributed by atoms with Crippen LogP contribution in [0.2, 0.25) is 9.36 Å². The van der Waals surface area contributed by atoms with Crippen molar-refractivity contribution in [2.24, 2.45) is 0 Å². The van der Waals surface area contributed by atoms with E-state index in [0.29, 0.717) is 43.8 Å². The van der Waals surface area contributed by atoms with E-state index in [1.165, 1.54) is 11.3 Å². The zero-order valence-corrected chi connectivity index (χ0v) is 20.0. The molecule has 8 heteroatoms. The molecule has 0 saturated carbocycles. The number of halogens is 2. The SMILES string of the molecule is CC(C)(O)Cc1ccc2c(c1)c1c(Cl)c(Cl)sc1c1[nH]c(-c3c(C#N)cccc3C#N)nc21. The number of nitrogens with zero attached hydrogens (tertiary/aromatic N) is 3. The molecule has 2 heterocycles. The summed E-state index contributed by atoms with van der Waals surface area (Å²) < 4.78 is 1.32. The molecule has 2 N–H and O–H groups in total. The van der Waals surface area contributed by atoms with Gasteiger partial charge in [-0.25, -0.2) is 4.98 Å². The number of hydrogen-bond acceptors (Lipinski definition) is 5. The van der Waals surface area contributed by atoms with Gasteiger partial charge in [-0.05, 0) is 36.9 Å². The summed E-state index contributed by atoms with van der Waals surface area (Å²) in [5, 5.41) is 32.6. The van der Waals surface area contributed by atoms with Crippen molar-refractivity contribution in [3.8, 4) is 23.5 Å². The number of rotatable bonds is 3. The Kier molecular flexibility index (Phi) is 5.08. The molecule has 5 nitrogen and oxygen atoms in total. The predicted molar refractivity (Wildman–Crippen MR) is 134 cm³/mol. The van der Waals surface area contributed by atoms with E-state index in [-0.39, 0.29) is 0 Å². The molecule has 0 bridgehead atoms. The number of imidazole rings is 1. The van der Waals surface area contributed by atoms with Crippen LogP contribution in [0, 0.1) is 22.7 Å². The lowest BCUT2D eigenvalue weighted by atomic mass is 9.95. The second-order valence-electron chi connectivity index (χ2n) is 8.52. The molecule has 2 aromatic heterocycles. The van der Waals surface area contributed by atoms with Crippen molar-refractivity contribution in [3.05, 3.63) is 62.4 Å². The molecule has 162 valence electrons. The maximum absolute atomic E-state index is 10.3. The van der Waals surface area contributed by atoms with Gasteiger partial charge in [0.15, 0.2) is 0 Å². The number of thiophene rings is 1. The van der Waals surface area contributed by atoms with Gasteiger partial charge in [0, 0.05) is 17.2 Å². The third-order valence-electron chi connectivity index (χ3n) is 5.53. The van der Waals surface area contributed by atoms with Crippen LogP contribution in [0.15, 0.2) is 36.4 Å². The molecule has 3 aromatic carbocycles. The standard InChI is InChI=1S/C25H16Cl2N4OS/c1-25(2,32)9-12-6-7-15-16(8-12)18-19(26)23(27)33-22(18)21-20(15)30-24(31-21)17-13(10-28)4-3-5-14(17)11-29/h3-8,32H,9H2,1-2H3,(H,30,31). The van der Waals surface area contributed by atoms with Crippen LogP contribution in [0.3, 0.4) is 0 Å². The van der Waals surface area contributed by atoms with E-state index in [9.17, 15) is 15.6 Å². The van der Waals surface area contributed by atoms with Crippen LogP contribution in [0.25, 0.3) is 43.3 Å². The number of benzene rings is 3. The molecule has 0 unspecified atom stereocenters. The van der Waals surface area contributed by atoms with Gasteiger partial charge >= 0.3 is 0 Å². The first-order chi connectivity index (χ1) is 15.7. The predicted octanol–water partition coefficient (Wildman–Crippen LogP) is 6.96. The molecule has 0 fully saturated rings. The van der Waals surface area contributed by atoms with Crippen molar-refractivity contribution in [1.82, 2.24) is 9.97 Å². The number of hydrogen-bond donors (Lipinski definition) is 2.